The highest BCUT2D eigenvalue weighted by molar-refractivity contribution is 9.10. The van der Waals surface area contributed by atoms with Crippen molar-refractivity contribution in [3.8, 4) is 0 Å². The quantitative estimate of drug-likeness (QED) is 0.367. The fraction of sp³-hybridized carbons (Fsp3) is 0.304. The minimum Gasteiger partial charge on any atom is -0.342 e. The Labute approximate surface area is 210 Å². The van der Waals surface area contributed by atoms with Gasteiger partial charge in [-0.3, -0.25) is 9.59 Å². The van der Waals surface area contributed by atoms with Gasteiger partial charge in [-0.25, -0.2) is 0 Å². The van der Waals surface area contributed by atoms with Crippen molar-refractivity contribution in [2.75, 3.05) is 11.1 Å². The van der Waals surface area contributed by atoms with Crippen LogP contribution in [0.15, 0.2) is 52.1 Å². The summed E-state index contributed by atoms with van der Waals surface area (Å²) >= 11 is 10.6. The fourth-order valence-corrected chi connectivity index (χ4v) is 4.38. The Kier molecular flexibility index (Phi) is 8.56. The molecule has 1 heterocycles. The number of amides is 2. The van der Waals surface area contributed by atoms with E-state index >= 15 is 0 Å². The van der Waals surface area contributed by atoms with E-state index in [0.29, 0.717) is 31.7 Å². The van der Waals surface area contributed by atoms with Crippen molar-refractivity contribution < 1.29 is 9.59 Å². The Balaban J connectivity index is 1.66. The average molecular weight is 551 g/mol. The van der Waals surface area contributed by atoms with Crippen LogP contribution in [0.1, 0.15) is 41.6 Å². The number of halogens is 2. The number of aromatic nitrogens is 3. The van der Waals surface area contributed by atoms with Gasteiger partial charge in [-0.2, -0.15) is 0 Å². The largest absolute Gasteiger partial charge is 0.342 e. The molecule has 2 aromatic carbocycles. The number of hydrogen-bond donors (Lipinski definition) is 2. The molecule has 0 fully saturated rings. The molecule has 0 saturated carbocycles. The topological polar surface area (TPSA) is 88.9 Å². The molecule has 2 amide bonds. The van der Waals surface area contributed by atoms with Gasteiger partial charge in [0, 0.05) is 22.8 Å². The molecule has 0 saturated heterocycles. The second-order valence-electron chi connectivity index (χ2n) is 7.93. The molecule has 2 N–H and O–H groups in total. The molecule has 33 heavy (non-hydrogen) atoms. The van der Waals surface area contributed by atoms with Gasteiger partial charge in [0.2, 0.25) is 5.91 Å². The van der Waals surface area contributed by atoms with Crippen LogP contribution in [-0.2, 0) is 11.8 Å². The predicted octanol–water partition coefficient (Wildman–Crippen LogP) is 5.40. The van der Waals surface area contributed by atoms with Crippen molar-refractivity contribution in [1.29, 1.82) is 0 Å². The SMILES string of the molecule is Cc1cccc(C(=O)N[C@@H](c2nnc(SCC(=O)Nc3ccc(Cl)c(Br)c3)n2C)C(C)C)c1. The summed E-state index contributed by atoms with van der Waals surface area (Å²) in [6, 6.07) is 12.3. The molecule has 3 rings (SSSR count). The Hall–Kier alpha value is -2.36. The van der Waals surface area contributed by atoms with Crippen molar-refractivity contribution >= 4 is 56.8 Å². The zero-order chi connectivity index (χ0) is 24.1. The van der Waals surface area contributed by atoms with Crippen molar-refractivity contribution in [3.05, 3.63) is 68.9 Å². The minimum atomic E-state index is -0.329. The molecule has 0 aliphatic rings. The van der Waals surface area contributed by atoms with Crippen LogP contribution in [0.2, 0.25) is 5.02 Å². The molecule has 0 aliphatic carbocycles. The summed E-state index contributed by atoms with van der Waals surface area (Å²) in [6.07, 6.45) is 0. The third-order valence-electron chi connectivity index (χ3n) is 4.92. The van der Waals surface area contributed by atoms with Crippen LogP contribution in [0.25, 0.3) is 0 Å². The third kappa shape index (κ3) is 6.59. The first-order chi connectivity index (χ1) is 15.7. The first-order valence-corrected chi connectivity index (χ1v) is 12.5. The van der Waals surface area contributed by atoms with Crippen LogP contribution in [-0.4, -0.2) is 32.3 Å². The molecular formula is C23H25BrClN5O2S. The van der Waals surface area contributed by atoms with Gasteiger partial charge in [0.15, 0.2) is 11.0 Å². The minimum absolute atomic E-state index is 0.0890. The smallest absolute Gasteiger partial charge is 0.251 e. The first-order valence-electron chi connectivity index (χ1n) is 10.3. The van der Waals surface area contributed by atoms with E-state index in [-0.39, 0.29) is 29.5 Å². The van der Waals surface area contributed by atoms with Crippen LogP contribution in [0.4, 0.5) is 5.69 Å². The zero-order valence-corrected chi connectivity index (χ0v) is 21.9. The fourth-order valence-electron chi connectivity index (χ4n) is 3.16. The summed E-state index contributed by atoms with van der Waals surface area (Å²) < 4.78 is 2.53. The third-order valence-corrected chi connectivity index (χ3v) is 7.15. The standard InChI is InChI=1S/C23H25BrClN5O2S/c1-13(2)20(27-22(32)15-7-5-6-14(3)10-15)21-28-29-23(30(21)4)33-12-19(31)26-16-8-9-18(25)17(24)11-16/h5-11,13,20H,12H2,1-4H3,(H,26,31)(H,27,32)/t20-/m1/s1. The Morgan fingerprint density at radius 3 is 2.61 bits per heavy atom. The van der Waals surface area contributed by atoms with Gasteiger partial charge in [-0.05, 0) is 59.1 Å². The summed E-state index contributed by atoms with van der Waals surface area (Å²) in [7, 11) is 1.83. The predicted molar refractivity (Wildman–Crippen MR) is 136 cm³/mol. The van der Waals surface area contributed by atoms with Crippen molar-refractivity contribution in [2.45, 2.75) is 32.0 Å². The molecule has 0 spiro atoms. The van der Waals surface area contributed by atoms with E-state index in [1.54, 1.807) is 24.3 Å². The number of thioether (sulfide) groups is 1. The monoisotopic (exact) mass is 549 g/mol. The summed E-state index contributed by atoms with van der Waals surface area (Å²) in [5.74, 6) is 0.547. The number of hydrogen-bond acceptors (Lipinski definition) is 5. The number of benzene rings is 2. The maximum absolute atomic E-state index is 12.8. The average Bonchev–Trinajstić information content (AvgIpc) is 3.12. The lowest BCUT2D eigenvalue weighted by Crippen LogP contribution is -2.33. The number of nitrogens with zero attached hydrogens (tertiary/aromatic N) is 3. The van der Waals surface area contributed by atoms with Gasteiger partial charge in [-0.1, -0.05) is 54.9 Å². The Bertz CT molecular complexity index is 1170. The van der Waals surface area contributed by atoms with E-state index in [0.717, 1.165) is 5.56 Å². The van der Waals surface area contributed by atoms with E-state index in [1.165, 1.54) is 11.8 Å². The summed E-state index contributed by atoms with van der Waals surface area (Å²) in [5, 5.41) is 15.6. The number of carbonyl (C=O) groups excluding carboxylic acids is 2. The normalized spacial score (nSPS) is 12.0. The number of anilines is 1. The van der Waals surface area contributed by atoms with Gasteiger partial charge in [0.05, 0.1) is 16.8 Å². The number of nitrogens with one attached hydrogen (secondary N) is 2. The molecule has 174 valence electrons. The van der Waals surface area contributed by atoms with E-state index in [1.807, 2.05) is 50.6 Å². The molecule has 0 radical (unpaired) electrons. The van der Waals surface area contributed by atoms with Gasteiger partial charge < -0.3 is 15.2 Å². The van der Waals surface area contributed by atoms with Crippen LogP contribution >= 0.6 is 39.3 Å². The second kappa shape index (κ2) is 11.2. The molecule has 0 aliphatic heterocycles. The summed E-state index contributed by atoms with van der Waals surface area (Å²) in [5.41, 5.74) is 2.27. The number of rotatable bonds is 8. The van der Waals surface area contributed by atoms with Crippen molar-refractivity contribution in [3.63, 3.8) is 0 Å². The Morgan fingerprint density at radius 2 is 1.94 bits per heavy atom. The van der Waals surface area contributed by atoms with Gasteiger partial charge >= 0.3 is 0 Å². The summed E-state index contributed by atoms with van der Waals surface area (Å²) in [4.78, 5) is 25.2. The Morgan fingerprint density at radius 1 is 1.18 bits per heavy atom. The van der Waals surface area contributed by atoms with Gasteiger partial charge in [0.25, 0.3) is 5.91 Å². The van der Waals surface area contributed by atoms with Crippen LogP contribution in [0.3, 0.4) is 0 Å². The van der Waals surface area contributed by atoms with Crippen LogP contribution in [0.5, 0.6) is 0 Å². The molecule has 10 heteroatoms. The molecule has 1 aromatic heterocycles. The van der Waals surface area contributed by atoms with E-state index in [4.69, 9.17) is 11.6 Å². The first kappa shape index (κ1) is 25.3. The van der Waals surface area contributed by atoms with Crippen LogP contribution in [0, 0.1) is 12.8 Å². The lowest BCUT2D eigenvalue weighted by Gasteiger charge is -2.21. The van der Waals surface area contributed by atoms with Crippen molar-refractivity contribution in [1.82, 2.24) is 20.1 Å². The molecular weight excluding hydrogens is 526 g/mol. The highest BCUT2D eigenvalue weighted by Crippen LogP contribution is 2.27. The number of carbonyl (C=O) groups is 2. The van der Waals surface area contributed by atoms with Crippen LogP contribution < -0.4 is 10.6 Å². The number of aryl methyl sites for hydroxylation is 1. The molecule has 7 nitrogen and oxygen atoms in total. The highest BCUT2D eigenvalue weighted by Gasteiger charge is 2.25. The van der Waals surface area contributed by atoms with Gasteiger partial charge in [-0.15, -0.1) is 10.2 Å². The maximum atomic E-state index is 12.8. The zero-order valence-electron chi connectivity index (χ0n) is 18.7. The molecule has 3 aromatic rings. The van der Waals surface area contributed by atoms with E-state index in [2.05, 4.69) is 36.8 Å². The summed E-state index contributed by atoms with van der Waals surface area (Å²) in [6.45, 7) is 5.98. The van der Waals surface area contributed by atoms with Crippen molar-refractivity contribution in [2.24, 2.45) is 13.0 Å². The molecule has 0 unspecified atom stereocenters. The van der Waals surface area contributed by atoms with Gasteiger partial charge in [0.1, 0.15) is 0 Å². The lowest BCUT2D eigenvalue weighted by atomic mass is 10.0. The molecule has 1 atom stereocenters. The lowest BCUT2D eigenvalue weighted by molar-refractivity contribution is -0.113. The second-order valence-corrected chi connectivity index (χ2v) is 10.1. The van der Waals surface area contributed by atoms with E-state index in [9.17, 15) is 9.59 Å². The highest BCUT2D eigenvalue weighted by atomic mass is 79.9. The molecule has 0 bridgehead atoms. The van der Waals surface area contributed by atoms with E-state index < -0.39 is 0 Å². The maximum Gasteiger partial charge on any atom is 0.251 e.